The molecule has 0 saturated heterocycles. The summed E-state index contributed by atoms with van der Waals surface area (Å²) in [6.45, 7) is 3.84. The van der Waals surface area contributed by atoms with Crippen LogP contribution in [0.2, 0.25) is 0 Å². The summed E-state index contributed by atoms with van der Waals surface area (Å²) < 4.78 is 11.0. The van der Waals surface area contributed by atoms with Gasteiger partial charge in [0.1, 0.15) is 21.6 Å². The Kier molecular flexibility index (Phi) is 7.35. The molecule has 166 valence electrons. The van der Waals surface area contributed by atoms with E-state index in [0.717, 1.165) is 32.7 Å². The summed E-state index contributed by atoms with van der Waals surface area (Å²) in [4.78, 5) is 2.00. The van der Waals surface area contributed by atoms with Gasteiger partial charge in [0.15, 0.2) is 0 Å². The van der Waals surface area contributed by atoms with Crippen molar-refractivity contribution in [2.75, 3.05) is 20.3 Å². The molecule has 0 N–H and O–H groups in total. The first-order chi connectivity index (χ1) is 15.6. The van der Waals surface area contributed by atoms with Crippen molar-refractivity contribution in [3.8, 4) is 11.5 Å². The molecule has 2 aliphatic rings. The molecule has 0 bridgehead atoms. The topological polar surface area (TPSA) is 37.3 Å². The van der Waals surface area contributed by atoms with Crippen molar-refractivity contribution in [3.63, 3.8) is 0 Å². The normalized spacial score (nSPS) is 17.2. The molecule has 0 fully saturated rings. The summed E-state index contributed by atoms with van der Waals surface area (Å²) in [5, 5.41) is 9.88. The minimum atomic E-state index is 0.516. The zero-order valence-electron chi connectivity index (χ0n) is 17.8. The van der Waals surface area contributed by atoms with Crippen LogP contribution in [0.15, 0.2) is 87.2 Å². The molecule has 32 heavy (non-hydrogen) atoms. The summed E-state index contributed by atoms with van der Waals surface area (Å²) in [5.41, 5.74) is 2.11. The van der Waals surface area contributed by atoms with E-state index < -0.39 is 0 Å². The minimum Gasteiger partial charge on any atom is -0.497 e. The molecular formula is C24H23Cl2N3O2S. The summed E-state index contributed by atoms with van der Waals surface area (Å²) in [6, 6.07) is 16.0. The lowest BCUT2D eigenvalue weighted by Crippen LogP contribution is -2.18. The number of ether oxygens (including phenoxy) is 2. The van der Waals surface area contributed by atoms with E-state index in [2.05, 4.69) is 6.07 Å². The third kappa shape index (κ3) is 5.44. The van der Waals surface area contributed by atoms with Crippen LogP contribution in [0.25, 0.3) is 0 Å². The zero-order valence-corrected chi connectivity index (χ0v) is 20.1. The Morgan fingerprint density at radius 1 is 1.09 bits per heavy atom. The smallest absolute Gasteiger partial charge is 0.130 e. The Hall–Kier alpha value is -2.54. The van der Waals surface area contributed by atoms with Crippen molar-refractivity contribution in [1.82, 2.24) is 9.91 Å². The summed E-state index contributed by atoms with van der Waals surface area (Å²) in [5.74, 6) is 1.65. The molecule has 4 rings (SSSR count). The number of methoxy groups -OCH3 is 1. The largest absolute Gasteiger partial charge is 0.497 e. The van der Waals surface area contributed by atoms with Crippen molar-refractivity contribution in [2.45, 2.75) is 13.5 Å². The van der Waals surface area contributed by atoms with Crippen molar-refractivity contribution in [2.24, 2.45) is 5.10 Å². The van der Waals surface area contributed by atoms with Crippen LogP contribution in [0.3, 0.4) is 0 Å². The average Bonchev–Trinajstić information content (AvgIpc) is 3.19. The lowest BCUT2D eigenvalue weighted by molar-refractivity contribution is 0.340. The summed E-state index contributed by atoms with van der Waals surface area (Å²) >= 11 is 13.9. The van der Waals surface area contributed by atoms with Gasteiger partial charge < -0.3 is 14.4 Å². The number of hydrogen-bond acceptors (Lipinski definition) is 6. The van der Waals surface area contributed by atoms with Crippen LogP contribution in [0, 0.1) is 0 Å². The van der Waals surface area contributed by atoms with E-state index in [9.17, 15) is 0 Å². The third-order valence-corrected chi connectivity index (χ3v) is 6.58. The van der Waals surface area contributed by atoms with Gasteiger partial charge in [-0.2, -0.15) is 5.10 Å². The fourth-order valence-corrected chi connectivity index (χ4v) is 4.56. The van der Waals surface area contributed by atoms with E-state index in [1.165, 1.54) is 0 Å². The summed E-state index contributed by atoms with van der Waals surface area (Å²) in [7, 11) is 1.67. The molecule has 0 saturated carbocycles. The highest BCUT2D eigenvalue weighted by Crippen LogP contribution is 2.36. The highest BCUT2D eigenvalue weighted by molar-refractivity contribution is 8.17. The number of hydrazone groups is 1. The number of halogens is 2. The average molecular weight is 488 g/mol. The SMILES string of the molecule is CCOc1cccc(C2=NN(Cc3cccc(OC)c3)C(=CN3C=C(Cl)C(Cl)=CC3)S2)c1. The Bertz CT molecular complexity index is 1110. The monoisotopic (exact) mass is 487 g/mol. The fourth-order valence-electron chi connectivity index (χ4n) is 3.26. The van der Waals surface area contributed by atoms with Gasteiger partial charge in [-0.05, 0) is 54.6 Å². The number of allylic oxidation sites excluding steroid dienone is 2. The van der Waals surface area contributed by atoms with Gasteiger partial charge >= 0.3 is 0 Å². The molecule has 0 spiro atoms. The van der Waals surface area contributed by atoms with Crippen molar-refractivity contribution >= 4 is 40.0 Å². The first-order valence-corrected chi connectivity index (χ1v) is 11.7. The second-order valence-electron chi connectivity index (χ2n) is 7.07. The number of hydrogen-bond donors (Lipinski definition) is 0. The highest BCUT2D eigenvalue weighted by atomic mass is 35.5. The van der Waals surface area contributed by atoms with Crippen LogP contribution < -0.4 is 9.47 Å². The lowest BCUT2D eigenvalue weighted by Gasteiger charge is -2.22. The van der Waals surface area contributed by atoms with E-state index in [0.29, 0.717) is 29.8 Å². The maximum Gasteiger partial charge on any atom is 0.130 e. The van der Waals surface area contributed by atoms with Gasteiger partial charge in [-0.1, -0.05) is 47.5 Å². The van der Waals surface area contributed by atoms with Crippen molar-refractivity contribution in [3.05, 3.63) is 93.2 Å². The second kappa shape index (κ2) is 10.4. The Labute approximate surface area is 202 Å². The fraction of sp³-hybridized carbons (Fsp3) is 0.208. The predicted octanol–water partition coefficient (Wildman–Crippen LogP) is 6.32. The van der Waals surface area contributed by atoms with Crippen LogP contribution in [0.5, 0.6) is 11.5 Å². The maximum absolute atomic E-state index is 6.23. The molecule has 2 heterocycles. The Morgan fingerprint density at radius 2 is 1.91 bits per heavy atom. The number of thioether (sulfide) groups is 1. The van der Waals surface area contributed by atoms with Crippen molar-refractivity contribution in [1.29, 1.82) is 0 Å². The molecule has 0 radical (unpaired) electrons. The van der Waals surface area contributed by atoms with Crippen molar-refractivity contribution < 1.29 is 9.47 Å². The number of benzene rings is 2. The first kappa shape index (κ1) is 22.6. The molecular weight excluding hydrogens is 465 g/mol. The van der Waals surface area contributed by atoms with Gasteiger partial charge in [0.25, 0.3) is 0 Å². The van der Waals surface area contributed by atoms with Crippen LogP contribution in [0.1, 0.15) is 18.1 Å². The van der Waals surface area contributed by atoms with E-state index in [4.69, 9.17) is 37.8 Å². The molecule has 5 nitrogen and oxygen atoms in total. The first-order valence-electron chi connectivity index (χ1n) is 10.2. The Balaban J connectivity index is 1.64. The van der Waals surface area contributed by atoms with Crippen LogP contribution in [0.4, 0.5) is 0 Å². The van der Waals surface area contributed by atoms with Gasteiger partial charge in [-0.3, -0.25) is 5.01 Å². The van der Waals surface area contributed by atoms with E-state index in [1.54, 1.807) is 18.9 Å². The van der Waals surface area contributed by atoms with Crippen LogP contribution >= 0.6 is 35.0 Å². The molecule has 0 atom stereocenters. The molecule has 0 unspecified atom stereocenters. The molecule has 0 aromatic heterocycles. The lowest BCUT2D eigenvalue weighted by atomic mass is 10.2. The van der Waals surface area contributed by atoms with Gasteiger partial charge in [-0.25, -0.2) is 0 Å². The number of nitrogens with zero attached hydrogens (tertiary/aromatic N) is 3. The standard InChI is InChI=1S/C24H23Cl2N3O2S/c1-3-31-20-9-5-7-18(13-20)24-27-29(14-17-6-4-8-19(12-17)30-2)23(32-24)16-28-11-10-21(25)22(26)15-28/h4-10,12-13,15-16H,3,11,14H2,1-2H3. The third-order valence-electron chi connectivity index (χ3n) is 4.79. The van der Waals surface area contributed by atoms with Gasteiger partial charge in [0.05, 0.1) is 30.3 Å². The van der Waals surface area contributed by atoms with Crippen LogP contribution in [-0.4, -0.2) is 35.2 Å². The number of rotatable bonds is 7. The molecule has 2 aromatic carbocycles. The quantitative estimate of drug-likeness (QED) is 0.456. The van der Waals surface area contributed by atoms with Gasteiger partial charge in [0, 0.05) is 24.5 Å². The highest BCUT2D eigenvalue weighted by Gasteiger charge is 2.24. The summed E-state index contributed by atoms with van der Waals surface area (Å²) in [6.07, 6.45) is 5.76. The molecule has 0 amide bonds. The molecule has 2 aliphatic heterocycles. The molecule has 2 aromatic rings. The van der Waals surface area contributed by atoms with E-state index in [-0.39, 0.29) is 0 Å². The van der Waals surface area contributed by atoms with Gasteiger partial charge in [0.2, 0.25) is 0 Å². The molecule has 0 aliphatic carbocycles. The van der Waals surface area contributed by atoms with Crippen LogP contribution in [-0.2, 0) is 6.54 Å². The zero-order chi connectivity index (χ0) is 22.5. The minimum absolute atomic E-state index is 0.516. The van der Waals surface area contributed by atoms with Gasteiger partial charge in [-0.15, -0.1) is 0 Å². The molecule has 8 heteroatoms. The Morgan fingerprint density at radius 3 is 2.69 bits per heavy atom. The maximum atomic E-state index is 6.23. The predicted molar refractivity (Wildman–Crippen MR) is 133 cm³/mol. The van der Waals surface area contributed by atoms with E-state index >= 15 is 0 Å². The van der Waals surface area contributed by atoms with E-state index in [1.807, 2.05) is 77.8 Å². The second-order valence-corrected chi connectivity index (χ2v) is 8.89.